The minimum Gasteiger partial charge on any atom is -0.396 e. The first kappa shape index (κ1) is 19.7. The SMILES string of the molecule is Cn1c(=O)c2c(nc(NCCCO)n2CC(=O)NCCCO)n(C)c1=O. The fourth-order valence-corrected chi connectivity index (χ4v) is 2.52. The van der Waals surface area contributed by atoms with Gasteiger partial charge in [0.05, 0.1) is 0 Å². The quantitative estimate of drug-likeness (QED) is 0.365. The van der Waals surface area contributed by atoms with Crippen LogP contribution in [-0.4, -0.2) is 61.1 Å². The minimum absolute atomic E-state index is 0.0187. The van der Waals surface area contributed by atoms with Crippen molar-refractivity contribution in [1.29, 1.82) is 0 Å². The Bertz CT molecular complexity index is 897. The molecule has 26 heavy (non-hydrogen) atoms. The number of nitrogens with one attached hydrogen (secondary N) is 2. The van der Waals surface area contributed by atoms with Crippen molar-refractivity contribution in [2.45, 2.75) is 19.4 Å². The van der Waals surface area contributed by atoms with E-state index in [9.17, 15) is 14.4 Å². The van der Waals surface area contributed by atoms with Crippen LogP contribution in [0.15, 0.2) is 9.59 Å². The van der Waals surface area contributed by atoms with Gasteiger partial charge in [0.2, 0.25) is 11.9 Å². The predicted octanol–water partition coefficient (Wildman–Crippen LogP) is -2.27. The first-order valence-corrected chi connectivity index (χ1v) is 8.30. The van der Waals surface area contributed by atoms with Crippen LogP contribution in [0.3, 0.4) is 0 Å². The highest BCUT2D eigenvalue weighted by Gasteiger charge is 2.20. The molecule has 11 heteroatoms. The van der Waals surface area contributed by atoms with E-state index in [1.807, 2.05) is 0 Å². The van der Waals surface area contributed by atoms with E-state index in [0.717, 1.165) is 4.57 Å². The first-order chi connectivity index (χ1) is 12.4. The van der Waals surface area contributed by atoms with Crippen LogP contribution in [0.2, 0.25) is 0 Å². The molecule has 2 aromatic heterocycles. The molecule has 2 rings (SSSR count). The number of aromatic nitrogens is 4. The van der Waals surface area contributed by atoms with Gasteiger partial charge in [0.25, 0.3) is 5.56 Å². The first-order valence-electron chi connectivity index (χ1n) is 8.30. The normalized spacial score (nSPS) is 11.1. The van der Waals surface area contributed by atoms with E-state index >= 15 is 0 Å². The summed E-state index contributed by atoms with van der Waals surface area (Å²) in [5.74, 6) is -0.0806. The summed E-state index contributed by atoms with van der Waals surface area (Å²) in [4.78, 5) is 41.1. The molecule has 0 aliphatic heterocycles. The van der Waals surface area contributed by atoms with Crippen LogP contribution in [-0.2, 0) is 25.4 Å². The van der Waals surface area contributed by atoms with Gasteiger partial charge in [0, 0.05) is 40.4 Å². The summed E-state index contributed by atoms with van der Waals surface area (Å²) >= 11 is 0. The maximum atomic E-state index is 12.6. The molecule has 0 aliphatic carbocycles. The number of hydrogen-bond acceptors (Lipinski definition) is 7. The number of carbonyl (C=O) groups is 1. The van der Waals surface area contributed by atoms with Gasteiger partial charge in [-0.25, -0.2) is 4.79 Å². The van der Waals surface area contributed by atoms with Gasteiger partial charge in [-0.3, -0.25) is 23.3 Å². The maximum absolute atomic E-state index is 12.6. The summed E-state index contributed by atoms with van der Waals surface area (Å²) in [6.45, 7) is 0.475. The largest absolute Gasteiger partial charge is 0.396 e. The zero-order chi connectivity index (χ0) is 19.3. The van der Waals surface area contributed by atoms with E-state index in [4.69, 9.17) is 10.2 Å². The number of fused-ring (bicyclic) bond motifs is 1. The van der Waals surface area contributed by atoms with Crippen LogP contribution in [0.1, 0.15) is 12.8 Å². The third-order valence-electron chi connectivity index (χ3n) is 3.92. The minimum atomic E-state index is -0.547. The lowest BCUT2D eigenvalue weighted by Gasteiger charge is -2.11. The average molecular weight is 368 g/mol. The fourth-order valence-electron chi connectivity index (χ4n) is 2.52. The number of imidazole rings is 1. The number of aryl methyl sites for hydroxylation is 1. The zero-order valence-electron chi connectivity index (χ0n) is 14.9. The van der Waals surface area contributed by atoms with Crippen LogP contribution >= 0.6 is 0 Å². The molecule has 0 radical (unpaired) electrons. The van der Waals surface area contributed by atoms with Crippen molar-refractivity contribution >= 4 is 23.0 Å². The van der Waals surface area contributed by atoms with Crippen molar-refractivity contribution in [2.24, 2.45) is 14.1 Å². The summed E-state index contributed by atoms with van der Waals surface area (Å²) < 4.78 is 3.62. The van der Waals surface area contributed by atoms with Crippen LogP contribution < -0.4 is 21.9 Å². The van der Waals surface area contributed by atoms with Gasteiger partial charge in [0.15, 0.2) is 11.2 Å². The second-order valence-electron chi connectivity index (χ2n) is 5.83. The van der Waals surface area contributed by atoms with Crippen molar-refractivity contribution < 1.29 is 15.0 Å². The van der Waals surface area contributed by atoms with E-state index in [-0.39, 0.29) is 42.8 Å². The van der Waals surface area contributed by atoms with E-state index in [1.165, 1.54) is 23.2 Å². The van der Waals surface area contributed by atoms with Gasteiger partial charge in [-0.2, -0.15) is 4.98 Å². The maximum Gasteiger partial charge on any atom is 0.332 e. The molecule has 0 aliphatic rings. The molecule has 4 N–H and O–H groups in total. The molecular formula is C15H24N6O5. The van der Waals surface area contributed by atoms with Gasteiger partial charge >= 0.3 is 5.69 Å². The van der Waals surface area contributed by atoms with Gasteiger partial charge < -0.3 is 20.8 Å². The number of rotatable bonds is 9. The lowest BCUT2D eigenvalue weighted by molar-refractivity contribution is -0.121. The van der Waals surface area contributed by atoms with Crippen LogP contribution in [0.5, 0.6) is 0 Å². The number of hydrogen-bond donors (Lipinski definition) is 4. The molecule has 0 saturated carbocycles. The van der Waals surface area contributed by atoms with Gasteiger partial charge in [-0.05, 0) is 12.8 Å². The summed E-state index contributed by atoms with van der Waals surface area (Å²) in [6.07, 6.45) is 0.886. The Kier molecular flexibility index (Phi) is 6.52. The monoisotopic (exact) mass is 368 g/mol. The van der Waals surface area contributed by atoms with Crippen LogP contribution in [0.25, 0.3) is 11.2 Å². The third-order valence-corrected chi connectivity index (χ3v) is 3.92. The topological polar surface area (TPSA) is 143 Å². The molecule has 0 atom stereocenters. The zero-order valence-corrected chi connectivity index (χ0v) is 14.9. The van der Waals surface area contributed by atoms with Crippen molar-refractivity contribution in [3.63, 3.8) is 0 Å². The molecule has 0 fully saturated rings. The number of aliphatic hydroxyl groups excluding tert-OH is 2. The second kappa shape index (κ2) is 8.63. The van der Waals surface area contributed by atoms with Gasteiger partial charge in [0.1, 0.15) is 6.54 Å². The molecule has 0 unspecified atom stereocenters. The molecule has 2 heterocycles. The Morgan fingerprint density at radius 3 is 2.38 bits per heavy atom. The highest BCUT2D eigenvalue weighted by Crippen LogP contribution is 2.15. The molecule has 144 valence electrons. The highest BCUT2D eigenvalue weighted by molar-refractivity contribution is 5.81. The van der Waals surface area contributed by atoms with Crippen LogP contribution in [0, 0.1) is 0 Å². The Balaban J connectivity index is 2.49. The van der Waals surface area contributed by atoms with E-state index in [1.54, 1.807) is 0 Å². The molecule has 2 aromatic rings. The van der Waals surface area contributed by atoms with Gasteiger partial charge in [-0.15, -0.1) is 0 Å². The van der Waals surface area contributed by atoms with Crippen molar-refractivity contribution in [2.75, 3.05) is 31.6 Å². The van der Waals surface area contributed by atoms with Crippen LogP contribution in [0.4, 0.5) is 5.95 Å². The lowest BCUT2D eigenvalue weighted by atomic mass is 10.4. The Labute approximate surface area is 148 Å². The summed E-state index contributed by atoms with van der Waals surface area (Å²) in [7, 11) is 2.86. The number of nitrogens with zero attached hydrogens (tertiary/aromatic N) is 4. The Hall–Kier alpha value is -2.66. The molecule has 0 spiro atoms. The third kappa shape index (κ3) is 3.94. The second-order valence-corrected chi connectivity index (χ2v) is 5.83. The molecule has 0 bridgehead atoms. The molecule has 1 amide bonds. The fraction of sp³-hybridized carbons (Fsp3) is 0.600. The average Bonchev–Trinajstić information content (AvgIpc) is 2.97. The lowest BCUT2D eigenvalue weighted by Crippen LogP contribution is -2.38. The molecule has 0 aromatic carbocycles. The van der Waals surface area contributed by atoms with Crippen molar-refractivity contribution in [1.82, 2.24) is 24.0 Å². The number of aliphatic hydroxyl groups is 2. The standard InChI is InChI=1S/C15H24N6O5/c1-19-12-11(13(25)20(2)15(19)26)21(9-10(24)16-5-3-7-22)14(18-12)17-6-4-8-23/h22-23H,3-9H2,1-2H3,(H,16,24)(H,17,18). The number of anilines is 1. The van der Waals surface area contributed by atoms with Crippen molar-refractivity contribution in [3.8, 4) is 0 Å². The molecular weight excluding hydrogens is 344 g/mol. The highest BCUT2D eigenvalue weighted by atomic mass is 16.3. The molecule has 0 saturated heterocycles. The predicted molar refractivity (Wildman–Crippen MR) is 95.1 cm³/mol. The van der Waals surface area contributed by atoms with E-state index in [0.29, 0.717) is 25.9 Å². The summed E-state index contributed by atoms with van der Waals surface area (Å²) in [6, 6.07) is 0. The molecule has 11 nitrogen and oxygen atoms in total. The van der Waals surface area contributed by atoms with Crippen molar-refractivity contribution in [3.05, 3.63) is 20.8 Å². The Morgan fingerprint density at radius 1 is 1.08 bits per heavy atom. The Morgan fingerprint density at radius 2 is 1.73 bits per heavy atom. The van der Waals surface area contributed by atoms with E-state index < -0.39 is 11.2 Å². The number of carbonyl (C=O) groups excluding carboxylic acids is 1. The summed E-state index contributed by atoms with van der Waals surface area (Å²) in [5.41, 5.74) is -0.749. The van der Waals surface area contributed by atoms with E-state index in [2.05, 4.69) is 15.6 Å². The summed E-state index contributed by atoms with van der Waals surface area (Å²) in [5, 5.41) is 23.3. The number of amides is 1. The smallest absolute Gasteiger partial charge is 0.332 e. The van der Waals surface area contributed by atoms with Gasteiger partial charge in [-0.1, -0.05) is 0 Å².